The van der Waals surface area contributed by atoms with Gasteiger partial charge in [-0.1, -0.05) is 0 Å². The van der Waals surface area contributed by atoms with Gasteiger partial charge in [0.05, 0.1) is 19.6 Å². The maximum atomic E-state index is 11.6. The molecule has 0 spiro atoms. The van der Waals surface area contributed by atoms with E-state index in [1.54, 1.807) is 0 Å². The van der Waals surface area contributed by atoms with Gasteiger partial charge in [-0.15, -0.1) is 0 Å². The molecule has 0 unspecified atom stereocenters. The van der Waals surface area contributed by atoms with E-state index in [1.807, 2.05) is 0 Å². The van der Waals surface area contributed by atoms with Crippen LogP contribution >= 0.6 is 0 Å². The number of nitrogens with zero attached hydrogens (tertiary/aromatic N) is 1. The van der Waals surface area contributed by atoms with Crippen molar-refractivity contribution in [3.05, 3.63) is 0 Å². The predicted octanol–water partition coefficient (Wildman–Crippen LogP) is -0.848. The third-order valence-corrected chi connectivity index (χ3v) is 2.03. The highest BCUT2D eigenvalue weighted by Gasteiger charge is 2.21. The Morgan fingerprint density at radius 1 is 1.06 bits per heavy atom. The summed E-state index contributed by atoms with van der Waals surface area (Å²) in [7, 11) is 2.97. The van der Waals surface area contributed by atoms with Crippen LogP contribution in [-0.2, 0) is 23.9 Å². The number of methoxy groups -OCH3 is 2. The summed E-state index contributed by atoms with van der Waals surface area (Å²) in [5.74, 6) is -3.25. The second kappa shape index (κ2) is 8.66. The van der Waals surface area contributed by atoms with Crippen molar-refractivity contribution in [2.45, 2.75) is 6.42 Å². The highest BCUT2D eigenvalue weighted by Crippen LogP contribution is 1.96. The number of hydrogen-bond acceptors (Lipinski definition) is 5. The largest absolute Gasteiger partial charge is 0.475 e. The van der Waals surface area contributed by atoms with Gasteiger partial charge in [0.15, 0.2) is 0 Å². The number of carbonyl (C=O) groups excluding carboxylic acids is 2. The molecule has 0 aliphatic rings. The van der Waals surface area contributed by atoms with Crippen LogP contribution in [0, 0.1) is 0 Å². The van der Waals surface area contributed by atoms with Gasteiger partial charge in [-0.2, -0.15) is 0 Å². The van der Waals surface area contributed by atoms with Crippen LogP contribution in [0.1, 0.15) is 6.42 Å². The average Bonchev–Trinajstić information content (AvgIpc) is 2.28. The smallest absolute Gasteiger partial charge is 0.372 e. The lowest BCUT2D eigenvalue weighted by Gasteiger charge is -2.21. The Kier molecular flexibility index (Phi) is 7.91. The molecule has 0 fully saturated rings. The number of ether oxygens (including phenoxy) is 2. The SMILES string of the molecule is COCCN(CCOC)C(=O)CC(=O)C(=O)O. The van der Waals surface area contributed by atoms with Crippen molar-refractivity contribution in [3.63, 3.8) is 0 Å². The molecule has 0 saturated carbocycles. The van der Waals surface area contributed by atoms with Crippen molar-refractivity contribution >= 4 is 17.7 Å². The zero-order valence-electron chi connectivity index (χ0n) is 9.97. The van der Waals surface area contributed by atoms with Gasteiger partial charge in [0.25, 0.3) is 0 Å². The summed E-state index contributed by atoms with van der Waals surface area (Å²) in [4.78, 5) is 34.2. The lowest BCUT2D eigenvalue weighted by Crippen LogP contribution is -2.38. The molecule has 0 saturated heterocycles. The molecule has 0 aromatic rings. The molecule has 7 nitrogen and oxygen atoms in total. The Balaban J connectivity index is 4.29. The van der Waals surface area contributed by atoms with Crippen molar-refractivity contribution in [1.29, 1.82) is 0 Å². The quantitative estimate of drug-likeness (QED) is 0.421. The summed E-state index contributed by atoms with van der Waals surface area (Å²) in [5.41, 5.74) is 0. The molecule has 0 heterocycles. The zero-order valence-corrected chi connectivity index (χ0v) is 9.97. The van der Waals surface area contributed by atoms with Crippen molar-refractivity contribution in [1.82, 2.24) is 4.90 Å². The van der Waals surface area contributed by atoms with Crippen molar-refractivity contribution < 1.29 is 29.0 Å². The van der Waals surface area contributed by atoms with Gasteiger partial charge < -0.3 is 19.5 Å². The number of carboxylic acid groups (broad SMARTS) is 1. The average molecular weight is 247 g/mol. The number of carboxylic acids is 1. The van der Waals surface area contributed by atoms with Gasteiger partial charge in [0.1, 0.15) is 0 Å². The van der Waals surface area contributed by atoms with Crippen molar-refractivity contribution in [2.24, 2.45) is 0 Å². The number of hydrogen-bond donors (Lipinski definition) is 1. The fourth-order valence-electron chi connectivity index (χ4n) is 1.09. The van der Waals surface area contributed by atoms with Gasteiger partial charge >= 0.3 is 5.97 Å². The summed E-state index contributed by atoms with van der Waals surface area (Å²) in [6.07, 6.45) is -0.636. The van der Waals surface area contributed by atoms with Gasteiger partial charge in [0, 0.05) is 27.3 Å². The lowest BCUT2D eigenvalue weighted by molar-refractivity contribution is -0.151. The minimum absolute atomic E-state index is 0.297. The van der Waals surface area contributed by atoms with E-state index in [9.17, 15) is 14.4 Å². The first-order chi connectivity index (χ1) is 8.02. The van der Waals surface area contributed by atoms with E-state index < -0.39 is 24.1 Å². The number of Topliss-reactive ketones (excluding diaryl/α,β-unsaturated/α-hetero) is 1. The molecule has 0 aliphatic carbocycles. The molecule has 0 aliphatic heterocycles. The van der Waals surface area contributed by atoms with Crippen LogP contribution < -0.4 is 0 Å². The molecule has 0 aromatic heterocycles. The lowest BCUT2D eigenvalue weighted by atomic mass is 10.2. The maximum absolute atomic E-state index is 11.6. The summed E-state index contributed by atoms with van der Waals surface area (Å²) in [6, 6.07) is 0. The third kappa shape index (κ3) is 6.64. The summed E-state index contributed by atoms with van der Waals surface area (Å²) in [6.45, 7) is 1.23. The Morgan fingerprint density at radius 2 is 1.53 bits per heavy atom. The van der Waals surface area contributed by atoms with Crippen LogP contribution in [0.5, 0.6) is 0 Å². The number of aliphatic carboxylic acids is 1. The van der Waals surface area contributed by atoms with Gasteiger partial charge in [-0.3, -0.25) is 9.59 Å². The topological polar surface area (TPSA) is 93.1 Å². The molecular weight excluding hydrogens is 230 g/mol. The number of ketones is 1. The molecular formula is C10H17NO6. The van der Waals surface area contributed by atoms with Crippen LogP contribution in [-0.4, -0.2) is 68.2 Å². The van der Waals surface area contributed by atoms with Gasteiger partial charge in [-0.25, -0.2) is 4.79 Å². The fraction of sp³-hybridized carbons (Fsp3) is 0.700. The van der Waals surface area contributed by atoms with E-state index in [0.29, 0.717) is 26.3 Å². The second-order valence-corrected chi connectivity index (χ2v) is 3.27. The molecule has 0 bridgehead atoms. The van der Waals surface area contributed by atoms with Gasteiger partial charge in [0.2, 0.25) is 11.7 Å². The zero-order chi connectivity index (χ0) is 13.3. The number of carbonyl (C=O) groups is 3. The molecule has 0 radical (unpaired) electrons. The first-order valence-electron chi connectivity index (χ1n) is 5.04. The normalized spacial score (nSPS) is 10.0. The minimum Gasteiger partial charge on any atom is -0.475 e. The molecule has 17 heavy (non-hydrogen) atoms. The second-order valence-electron chi connectivity index (χ2n) is 3.27. The van der Waals surface area contributed by atoms with Crippen LogP contribution in [0.15, 0.2) is 0 Å². The van der Waals surface area contributed by atoms with E-state index in [2.05, 4.69) is 0 Å². The highest BCUT2D eigenvalue weighted by atomic mass is 16.5. The summed E-state index contributed by atoms with van der Waals surface area (Å²) < 4.78 is 9.64. The Labute approximate surface area is 99.3 Å². The summed E-state index contributed by atoms with van der Waals surface area (Å²) in [5, 5.41) is 8.40. The van der Waals surface area contributed by atoms with Gasteiger partial charge in [-0.05, 0) is 0 Å². The minimum atomic E-state index is -1.60. The highest BCUT2D eigenvalue weighted by molar-refractivity contribution is 6.36. The van der Waals surface area contributed by atoms with E-state index in [4.69, 9.17) is 14.6 Å². The van der Waals surface area contributed by atoms with Crippen LogP contribution in [0.3, 0.4) is 0 Å². The van der Waals surface area contributed by atoms with Crippen LogP contribution in [0.25, 0.3) is 0 Å². The first-order valence-corrected chi connectivity index (χ1v) is 5.04. The van der Waals surface area contributed by atoms with Crippen molar-refractivity contribution in [2.75, 3.05) is 40.5 Å². The molecule has 98 valence electrons. The third-order valence-electron chi connectivity index (χ3n) is 2.03. The molecule has 1 N–H and O–H groups in total. The Morgan fingerprint density at radius 3 is 1.88 bits per heavy atom. The standard InChI is InChI=1S/C10H17NO6/c1-16-5-3-11(4-6-17-2)9(13)7-8(12)10(14)15/h3-7H2,1-2H3,(H,14,15). The Hall–Kier alpha value is -1.47. The van der Waals surface area contributed by atoms with Crippen LogP contribution in [0.2, 0.25) is 0 Å². The molecule has 7 heteroatoms. The van der Waals surface area contributed by atoms with Crippen LogP contribution in [0.4, 0.5) is 0 Å². The molecule has 0 atom stereocenters. The Bertz CT molecular complexity index is 270. The van der Waals surface area contributed by atoms with E-state index >= 15 is 0 Å². The summed E-state index contributed by atoms with van der Waals surface area (Å²) >= 11 is 0. The van der Waals surface area contributed by atoms with Crippen molar-refractivity contribution in [3.8, 4) is 0 Å². The van der Waals surface area contributed by atoms with E-state index in [-0.39, 0.29) is 0 Å². The monoisotopic (exact) mass is 247 g/mol. The molecule has 0 aromatic carbocycles. The van der Waals surface area contributed by atoms with E-state index in [1.165, 1.54) is 19.1 Å². The number of rotatable bonds is 9. The molecule has 1 amide bonds. The first kappa shape index (κ1) is 15.5. The maximum Gasteiger partial charge on any atom is 0.372 e. The molecule has 0 rings (SSSR count). The number of amides is 1. The predicted molar refractivity (Wildman–Crippen MR) is 57.6 cm³/mol. The fourth-order valence-corrected chi connectivity index (χ4v) is 1.09. The van der Waals surface area contributed by atoms with E-state index in [0.717, 1.165) is 0 Å².